The Balaban J connectivity index is 1.87. The third-order valence-electron chi connectivity index (χ3n) is 4.28. The smallest absolute Gasteiger partial charge is 0.251 e. The summed E-state index contributed by atoms with van der Waals surface area (Å²) < 4.78 is 0. The van der Waals surface area contributed by atoms with Gasteiger partial charge in [0.1, 0.15) is 0 Å². The predicted molar refractivity (Wildman–Crippen MR) is 87.6 cm³/mol. The number of amides is 1. The van der Waals surface area contributed by atoms with Crippen molar-refractivity contribution in [3.8, 4) is 0 Å². The van der Waals surface area contributed by atoms with Crippen LogP contribution in [-0.2, 0) is 0 Å². The largest absolute Gasteiger partial charge is 0.397 e. The molecule has 1 aliphatic heterocycles. The molecular formula is C16H26N4O. The Morgan fingerprint density at radius 2 is 2.10 bits per heavy atom. The maximum atomic E-state index is 11.5. The monoisotopic (exact) mass is 290 g/mol. The summed E-state index contributed by atoms with van der Waals surface area (Å²) >= 11 is 0. The van der Waals surface area contributed by atoms with Gasteiger partial charge in [0, 0.05) is 19.2 Å². The van der Waals surface area contributed by atoms with E-state index in [1.165, 1.54) is 25.9 Å². The number of benzene rings is 1. The van der Waals surface area contributed by atoms with Gasteiger partial charge in [-0.2, -0.15) is 0 Å². The molecule has 5 heteroatoms. The van der Waals surface area contributed by atoms with Crippen LogP contribution in [0.25, 0.3) is 0 Å². The average Bonchev–Trinajstić information content (AvgIpc) is 2.53. The van der Waals surface area contributed by atoms with E-state index >= 15 is 0 Å². The summed E-state index contributed by atoms with van der Waals surface area (Å²) in [5, 5.41) is 6.03. The van der Waals surface area contributed by atoms with Gasteiger partial charge in [0.05, 0.1) is 11.4 Å². The molecule has 1 amide bonds. The molecule has 1 aromatic carbocycles. The molecular weight excluding hydrogens is 264 g/mol. The van der Waals surface area contributed by atoms with Crippen LogP contribution < -0.4 is 16.4 Å². The lowest BCUT2D eigenvalue weighted by atomic mass is 9.96. The molecule has 0 aliphatic carbocycles. The molecule has 1 heterocycles. The third-order valence-corrected chi connectivity index (χ3v) is 4.28. The molecule has 2 rings (SSSR count). The molecule has 1 fully saturated rings. The van der Waals surface area contributed by atoms with E-state index in [1.807, 2.05) is 6.07 Å². The Morgan fingerprint density at radius 1 is 1.38 bits per heavy atom. The van der Waals surface area contributed by atoms with Crippen molar-refractivity contribution in [1.29, 1.82) is 0 Å². The molecule has 1 saturated heterocycles. The Kier molecular flexibility index (Phi) is 5.44. The number of piperidine rings is 1. The number of carbonyl (C=O) groups excluding carboxylic acids is 1. The summed E-state index contributed by atoms with van der Waals surface area (Å²) in [4.78, 5) is 14.0. The zero-order valence-corrected chi connectivity index (χ0v) is 13.0. The maximum absolute atomic E-state index is 11.5. The van der Waals surface area contributed by atoms with E-state index in [0.29, 0.717) is 17.2 Å². The molecule has 1 aliphatic rings. The molecule has 0 atom stereocenters. The Hall–Kier alpha value is -1.75. The first-order valence-corrected chi connectivity index (χ1v) is 7.71. The standard InChI is InChI=1S/C16H26N4O/c1-3-20-8-6-12(7-9-20)11-19-15-5-4-13(10-14(15)17)16(21)18-2/h4-5,10,12,19H,3,6-9,11,17H2,1-2H3,(H,18,21). The molecule has 0 bridgehead atoms. The summed E-state index contributed by atoms with van der Waals surface area (Å²) in [6.45, 7) is 6.68. The van der Waals surface area contributed by atoms with Crippen molar-refractivity contribution in [2.45, 2.75) is 19.8 Å². The molecule has 0 unspecified atom stereocenters. The summed E-state index contributed by atoms with van der Waals surface area (Å²) in [7, 11) is 1.62. The second kappa shape index (κ2) is 7.31. The van der Waals surface area contributed by atoms with E-state index in [0.717, 1.165) is 18.8 Å². The minimum absolute atomic E-state index is 0.111. The molecule has 1 aromatic rings. The zero-order valence-electron chi connectivity index (χ0n) is 13.0. The maximum Gasteiger partial charge on any atom is 0.251 e. The highest BCUT2D eigenvalue weighted by molar-refractivity contribution is 5.95. The van der Waals surface area contributed by atoms with E-state index in [2.05, 4.69) is 22.5 Å². The number of nitrogens with two attached hydrogens (primary N) is 1. The number of likely N-dealkylation sites (tertiary alicyclic amines) is 1. The Labute approximate surface area is 126 Å². The van der Waals surface area contributed by atoms with Gasteiger partial charge in [0.25, 0.3) is 5.91 Å². The number of hydrogen-bond donors (Lipinski definition) is 3. The lowest BCUT2D eigenvalue weighted by Crippen LogP contribution is -2.35. The van der Waals surface area contributed by atoms with E-state index < -0.39 is 0 Å². The van der Waals surface area contributed by atoms with Crippen molar-refractivity contribution in [2.24, 2.45) is 5.92 Å². The first kappa shape index (κ1) is 15.6. The van der Waals surface area contributed by atoms with Gasteiger partial charge < -0.3 is 21.3 Å². The topological polar surface area (TPSA) is 70.4 Å². The fourth-order valence-corrected chi connectivity index (χ4v) is 2.77. The van der Waals surface area contributed by atoms with Gasteiger partial charge in [-0.3, -0.25) is 4.79 Å². The number of carbonyl (C=O) groups is 1. The summed E-state index contributed by atoms with van der Waals surface area (Å²) in [5.41, 5.74) is 8.16. The van der Waals surface area contributed by atoms with Crippen molar-refractivity contribution >= 4 is 17.3 Å². The van der Waals surface area contributed by atoms with Crippen LogP contribution in [0, 0.1) is 5.92 Å². The van der Waals surface area contributed by atoms with Crippen LogP contribution in [0.3, 0.4) is 0 Å². The molecule has 0 saturated carbocycles. The minimum atomic E-state index is -0.111. The number of nitrogen functional groups attached to an aromatic ring is 1. The predicted octanol–water partition coefficient (Wildman–Crippen LogP) is 1.77. The van der Waals surface area contributed by atoms with Crippen molar-refractivity contribution in [2.75, 3.05) is 44.3 Å². The van der Waals surface area contributed by atoms with Gasteiger partial charge in [-0.15, -0.1) is 0 Å². The molecule has 0 aromatic heterocycles. The molecule has 116 valence electrons. The van der Waals surface area contributed by atoms with E-state index in [4.69, 9.17) is 5.73 Å². The van der Waals surface area contributed by atoms with Crippen LogP contribution in [-0.4, -0.2) is 44.0 Å². The van der Waals surface area contributed by atoms with Crippen LogP contribution in [0.1, 0.15) is 30.1 Å². The molecule has 21 heavy (non-hydrogen) atoms. The highest BCUT2D eigenvalue weighted by atomic mass is 16.1. The fraction of sp³-hybridized carbons (Fsp3) is 0.562. The van der Waals surface area contributed by atoms with Crippen LogP contribution >= 0.6 is 0 Å². The van der Waals surface area contributed by atoms with Gasteiger partial charge in [-0.25, -0.2) is 0 Å². The van der Waals surface area contributed by atoms with E-state index in [-0.39, 0.29) is 5.91 Å². The van der Waals surface area contributed by atoms with Gasteiger partial charge >= 0.3 is 0 Å². The van der Waals surface area contributed by atoms with Crippen LogP contribution in [0.5, 0.6) is 0 Å². The third kappa shape index (κ3) is 4.11. The highest BCUT2D eigenvalue weighted by Gasteiger charge is 2.18. The first-order valence-electron chi connectivity index (χ1n) is 7.71. The summed E-state index contributed by atoms with van der Waals surface area (Å²) in [6, 6.07) is 5.42. The molecule has 0 spiro atoms. The zero-order chi connectivity index (χ0) is 15.2. The Bertz CT molecular complexity index is 481. The minimum Gasteiger partial charge on any atom is -0.397 e. The van der Waals surface area contributed by atoms with Gasteiger partial charge in [-0.05, 0) is 56.6 Å². The number of anilines is 2. The first-order chi connectivity index (χ1) is 10.1. The molecule has 0 radical (unpaired) electrons. The summed E-state index contributed by atoms with van der Waals surface area (Å²) in [6.07, 6.45) is 2.47. The molecule has 4 N–H and O–H groups in total. The molecule has 5 nitrogen and oxygen atoms in total. The number of nitrogens with one attached hydrogen (secondary N) is 2. The number of nitrogens with zero attached hydrogens (tertiary/aromatic N) is 1. The van der Waals surface area contributed by atoms with Gasteiger partial charge in [0.15, 0.2) is 0 Å². The Morgan fingerprint density at radius 3 is 2.67 bits per heavy atom. The lowest BCUT2D eigenvalue weighted by Gasteiger charge is -2.31. The lowest BCUT2D eigenvalue weighted by molar-refractivity contribution is 0.0963. The second-order valence-electron chi connectivity index (χ2n) is 5.64. The van der Waals surface area contributed by atoms with E-state index in [1.54, 1.807) is 19.2 Å². The van der Waals surface area contributed by atoms with Crippen molar-refractivity contribution in [3.63, 3.8) is 0 Å². The quantitative estimate of drug-likeness (QED) is 0.723. The SMILES string of the molecule is CCN1CCC(CNc2ccc(C(=O)NC)cc2N)CC1. The van der Waals surface area contributed by atoms with Crippen LogP contribution in [0.15, 0.2) is 18.2 Å². The van der Waals surface area contributed by atoms with Crippen LogP contribution in [0.2, 0.25) is 0 Å². The normalized spacial score (nSPS) is 16.7. The average molecular weight is 290 g/mol. The van der Waals surface area contributed by atoms with Crippen molar-refractivity contribution in [1.82, 2.24) is 10.2 Å². The summed E-state index contributed by atoms with van der Waals surface area (Å²) in [5.74, 6) is 0.589. The fourth-order valence-electron chi connectivity index (χ4n) is 2.77. The van der Waals surface area contributed by atoms with Crippen molar-refractivity contribution < 1.29 is 4.79 Å². The number of hydrogen-bond acceptors (Lipinski definition) is 4. The van der Waals surface area contributed by atoms with E-state index in [9.17, 15) is 4.79 Å². The van der Waals surface area contributed by atoms with Crippen molar-refractivity contribution in [3.05, 3.63) is 23.8 Å². The van der Waals surface area contributed by atoms with Gasteiger partial charge in [0.2, 0.25) is 0 Å². The second-order valence-corrected chi connectivity index (χ2v) is 5.64. The van der Waals surface area contributed by atoms with Gasteiger partial charge in [-0.1, -0.05) is 6.92 Å². The van der Waals surface area contributed by atoms with Crippen LogP contribution in [0.4, 0.5) is 11.4 Å². The number of rotatable bonds is 5. The highest BCUT2D eigenvalue weighted by Crippen LogP contribution is 2.22.